The molecule has 96 valence electrons. The number of hydrogen-bond acceptors (Lipinski definition) is 4. The van der Waals surface area contributed by atoms with Gasteiger partial charge in [-0.15, -0.1) is 10.2 Å². The monoisotopic (exact) mass is 329 g/mol. The fraction of sp³-hybridized carbons (Fsp3) is 0.333. The summed E-state index contributed by atoms with van der Waals surface area (Å²) in [5.74, 6) is -0.281. The minimum atomic E-state index is -0.281. The molecule has 0 aliphatic heterocycles. The zero-order valence-electron chi connectivity index (χ0n) is 9.91. The van der Waals surface area contributed by atoms with E-state index in [0.717, 1.165) is 35.1 Å². The average molecular weight is 330 g/mol. The summed E-state index contributed by atoms with van der Waals surface area (Å²) in [6.07, 6.45) is 0.852. The van der Waals surface area contributed by atoms with Crippen LogP contribution in [0.5, 0.6) is 0 Å². The standard InChI is InChI=1S/C12H13BrFN3S/c1-2-15-6-5-11-16-17-12(18-11)8-3-4-9(13)10(14)7-8/h3-4,7,15H,2,5-6H2,1H3. The number of benzene rings is 1. The molecule has 0 spiro atoms. The van der Waals surface area contributed by atoms with Crippen molar-refractivity contribution in [3.8, 4) is 10.6 Å². The Morgan fingerprint density at radius 1 is 1.39 bits per heavy atom. The van der Waals surface area contributed by atoms with Crippen LogP contribution in [0.2, 0.25) is 0 Å². The van der Waals surface area contributed by atoms with Gasteiger partial charge in [-0.1, -0.05) is 24.3 Å². The summed E-state index contributed by atoms with van der Waals surface area (Å²) in [6, 6.07) is 4.99. The molecule has 1 aromatic carbocycles. The van der Waals surface area contributed by atoms with Crippen LogP contribution in [0.3, 0.4) is 0 Å². The first-order chi connectivity index (χ1) is 8.70. The van der Waals surface area contributed by atoms with E-state index >= 15 is 0 Å². The molecule has 1 heterocycles. The second-order valence-corrected chi connectivity index (χ2v) is 5.65. The van der Waals surface area contributed by atoms with E-state index in [-0.39, 0.29) is 5.82 Å². The summed E-state index contributed by atoms with van der Waals surface area (Å²) in [5.41, 5.74) is 0.767. The third kappa shape index (κ3) is 3.34. The summed E-state index contributed by atoms with van der Waals surface area (Å²) < 4.78 is 13.9. The van der Waals surface area contributed by atoms with Crippen LogP contribution in [0.15, 0.2) is 22.7 Å². The smallest absolute Gasteiger partial charge is 0.147 e. The maximum atomic E-state index is 13.4. The Kier molecular flexibility index (Phi) is 4.79. The Hall–Kier alpha value is -0.850. The first-order valence-electron chi connectivity index (χ1n) is 5.69. The highest BCUT2D eigenvalue weighted by Crippen LogP contribution is 2.27. The topological polar surface area (TPSA) is 37.8 Å². The zero-order valence-corrected chi connectivity index (χ0v) is 12.3. The van der Waals surface area contributed by atoms with Crippen LogP contribution in [0.1, 0.15) is 11.9 Å². The number of hydrogen-bond donors (Lipinski definition) is 1. The second kappa shape index (κ2) is 6.36. The molecular weight excluding hydrogens is 317 g/mol. The van der Waals surface area contributed by atoms with E-state index in [1.165, 1.54) is 17.4 Å². The van der Waals surface area contributed by atoms with Gasteiger partial charge in [0.05, 0.1) is 4.47 Å². The average Bonchev–Trinajstić information content (AvgIpc) is 2.82. The van der Waals surface area contributed by atoms with Crippen molar-refractivity contribution >= 4 is 27.3 Å². The maximum Gasteiger partial charge on any atom is 0.147 e. The molecule has 0 bridgehead atoms. The van der Waals surface area contributed by atoms with Gasteiger partial charge in [-0.25, -0.2) is 4.39 Å². The zero-order chi connectivity index (χ0) is 13.0. The van der Waals surface area contributed by atoms with Gasteiger partial charge in [0.25, 0.3) is 0 Å². The summed E-state index contributed by atoms with van der Waals surface area (Å²) in [4.78, 5) is 0. The van der Waals surface area contributed by atoms with Crippen LogP contribution in [0.4, 0.5) is 4.39 Å². The highest BCUT2D eigenvalue weighted by molar-refractivity contribution is 9.10. The van der Waals surface area contributed by atoms with Gasteiger partial charge >= 0.3 is 0 Å². The first-order valence-corrected chi connectivity index (χ1v) is 7.30. The molecule has 18 heavy (non-hydrogen) atoms. The van der Waals surface area contributed by atoms with Gasteiger partial charge in [-0.2, -0.15) is 0 Å². The predicted molar refractivity (Wildman–Crippen MR) is 75.3 cm³/mol. The third-order valence-corrected chi connectivity index (χ3v) is 4.07. The van der Waals surface area contributed by atoms with Crippen molar-refractivity contribution in [1.29, 1.82) is 0 Å². The van der Waals surface area contributed by atoms with E-state index < -0.39 is 0 Å². The Bertz CT molecular complexity index is 530. The summed E-state index contributed by atoms with van der Waals surface area (Å²) in [5, 5.41) is 13.2. The van der Waals surface area contributed by atoms with Crippen LogP contribution in [-0.4, -0.2) is 23.3 Å². The molecule has 0 amide bonds. The first kappa shape index (κ1) is 13.6. The minimum absolute atomic E-state index is 0.281. The van der Waals surface area contributed by atoms with E-state index in [0.29, 0.717) is 4.47 Å². The lowest BCUT2D eigenvalue weighted by atomic mass is 10.2. The molecule has 0 atom stereocenters. The van der Waals surface area contributed by atoms with Crippen molar-refractivity contribution in [2.24, 2.45) is 0 Å². The van der Waals surface area contributed by atoms with Crippen LogP contribution in [0, 0.1) is 5.82 Å². The van der Waals surface area contributed by atoms with Gasteiger partial charge in [0, 0.05) is 18.5 Å². The second-order valence-electron chi connectivity index (χ2n) is 3.73. The lowest BCUT2D eigenvalue weighted by Gasteiger charge is -1.98. The Morgan fingerprint density at radius 3 is 2.94 bits per heavy atom. The highest BCUT2D eigenvalue weighted by atomic mass is 79.9. The quantitative estimate of drug-likeness (QED) is 0.855. The van der Waals surface area contributed by atoms with Gasteiger partial charge in [0.2, 0.25) is 0 Å². The van der Waals surface area contributed by atoms with Crippen molar-refractivity contribution < 1.29 is 4.39 Å². The van der Waals surface area contributed by atoms with Gasteiger partial charge in [-0.3, -0.25) is 0 Å². The van der Waals surface area contributed by atoms with Gasteiger partial charge in [-0.05, 0) is 34.6 Å². The summed E-state index contributed by atoms with van der Waals surface area (Å²) in [7, 11) is 0. The molecule has 2 rings (SSSR count). The SMILES string of the molecule is CCNCCc1nnc(-c2ccc(Br)c(F)c2)s1. The fourth-order valence-electron chi connectivity index (χ4n) is 1.47. The Morgan fingerprint density at radius 2 is 2.22 bits per heavy atom. The molecule has 3 nitrogen and oxygen atoms in total. The van der Waals surface area contributed by atoms with Gasteiger partial charge in [0.15, 0.2) is 0 Å². The molecular formula is C12H13BrFN3S. The van der Waals surface area contributed by atoms with E-state index in [4.69, 9.17) is 0 Å². The lowest BCUT2D eigenvalue weighted by molar-refractivity contribution is 0.621. The molecule has 0 unspecified atom stereocenters. The number of halogens is 2. The molecule has 0 saturated heterocycles. The molecule has 1 aromatic heterocycles. The van der Waals surface area contributed by atoms with E-state index in [1.54, 1.807) is 6.07 Å². The van der Waals surface area contributed by atoms with E-state index in [1.807, 2.05) is 6.07 Å². The Balaban J connectivity index is 2.11. The van der Waals surface area contributed by atoms with Crippen molar-refractivity contribution in [2.45, 2.75) is 13.3 Å². The van der Waals surface area contributed by atoms with Crippen molar-refractivity contribution in [3.05, 3.63) is 33.5 Å². The summed E-state index contributed by atoms with van der Waals surface area (Å²) >= 11 is 4.64. The lowest BCUT2D eigenvalue weighted by Crippen LogP contribution is -2.15. The third-order valence-electron chi connectivity index (χ3n) is 2.40. The van der Waals surface area contributed by atoms with Gasteiger partial charge < -0.3 is 5.32 Å². The normalized spacial score (nSPS) is 10.8. The molecule has 0 fully saturated rings. The van der Waals surface area contributed by atoms with Crippen molar-refractivity contribution in [1.82, 2.24) is 15.5 Å². The molecule has 0 aliphatic rings. The number of nitrogens with zero attached hydrogens (tertiary/aromatic N) is 2. The number of rotatable bonds is 5. The maximum absolute atomic E-state index is 13.4. The summed E-state index contributed by atoms with van der Waals surface area (Å²) in [6.45, 7) is 3.90. The molecule has 1 N–H and O–H groups in total. The number of aromatic nitrogens is 2. The van der Waals surface area contributed by atoms with Crippen LogP contribution < -0.4 is 5.32 Å². The van der Waals surface area contributed by atoms with Crippen molar-refractivity contribution in [3.63, 3.8) is 0 Å². The van der Waals surface area contributed by atoms with Crippen LogP contribution in [-0.2, 0) is 6.42 Å². The van der Waals surface area contributed by atoms with Crippen LogP contribution in [0.25, 0.3) is 10.6 Å². The fourth-order valence-corrected chi connectivity index (χ4v) is 2.55. The molecule has 0 saturated carbocycles. The molecule has 6 heteroatoms. The number of likely N-dealkylation sites (N-methyl/N-ethyl adjacent to an activating group) is 1. The predicted octanol–water partition coefficient (Wildman–Crippen LogP) is 3.26. The molecule has 0 radical (unpaired) electrons. The largest absolute Gasteiger partial charge is 0.317 e. The van der Waals surface area contributed by atoms with Crippen LogP contribution >= 0.6 is 27.3 Å². The highest BCUT2D eigenvalue weighted by Gasteiger charge is 2.08. The van der Waals surface area contributed by atoms with Crippen molar-refractivity contribution in [2.75, 3.05) is 13.1 Å². The van der Waals surface area contributed by atoms with Gasteiger partial charge in [0.1, 0.15) is 15.8 Å². The number of nitrogens with one attached hydrogen (secondary N) is 1. The molecule has 2 aromatic rings. The Labute approximate surface area is 118 Å². The van der Waals surface area contributed by atoms with E-state index in [2.05, 4.69) is 38.4 Å². The minimum Gasteiger partial charge on any atom is -0.317 e. The van der Waals surface area contributed by atoms with E-state index in [9.17, 15) is 4.39 Å². The molecule has 0 aliphatic carbocycles.